The Balaban J connectivity index is 1.64. The van der Waals surface area contributed by atoms with E-state index in [1.54, 1.807) is 34.5 Å². The van der Waals surface area contributed by atoms with Crippen LogP contribution in [0.3, 0.4) is 0 Å². The molecule has 0 unspecified atom stereocenters. The molecular formula is C18H17N3O5S. The van der Waals surface area contributed by atoms with Crippen LogP contribution in [0.1, 0.15) is 33.6 Å². The second-order valence-corrected chi connectivity index (χ2v) is 6.73. The lowest BCUT2D eigenvalue weighted by Gasteiger charge is -2.18. The van der Waals surface area contributed by atoms with E-state index in [1.807, 2.05) is 0 Å². The van der Waals surface area contributed by atoms with E-state index in [1.165, 1.54) is 6.07 Å². The highest BCUT2D eigenvalue weighted by Crippen LogP contribution is 2.26. The fraction of sp³-hybridized carbons (Fsp3) is 0.222. The fourth-order valence-corrected chi connectivity index (χ4v) is 3.56. The third-order valence-corrected chi connectivity index (χ3v) is 4.84. The molecular weight excluding hydrogens is 370 g/mol. The minimum atomic E-state index is -0.707. The normalized spacial score (nSPS) is 13.5. The van der Waals surface area contributed by atoms with Crippen LogP contribution in [-0.2, 0) is 14.3 Å². The van der Waals surface area contributed by atoms with Gasteiger partial charge in [-0.15, -0.1) is 11.3 Å². The molecule has 1 aliphatic rings. The van der Waals surface area contributed by atoms with Gasteiger partial charge in [-0.25, -0.2) is 4.79 Å². The van der Waals surface area contributed by atoms with E-state index >= 15 is 0 Å². The molecule has 1 aliphatic heterocycles. The molecule has 0 bridgehead atoms. The summed E-state index contributed by atoms with van der Waals surface area (Å²) in [7, 11) is 0. The first-order valence-corrected chi connectivity index (χ1v) is 9.09. The molecule has 1 aromatic carbocycles. The molecule has 8 nitrogen and oxygen atoms in total. The van der Waals surface area contributed by atoms with Crippen LogP contribution in [0, 0.1) is 0 Å². The summed E-state index contributed by atoms with van der Waals surface area (Å²) in [6.45, 7) is 0.00903. The number of carbonyl (C=O) groups is 4. The first-order valence-electron chi connectivity index (χ1n) is 8.21. The quantitative estimate of drug-likeness (QED) is 0.732. The van der Waals surface area contributed by atoms with E-state index in [0.717, 1.165) is 17.8 Å². The number of thiophene rings is 1. The highest BCUT2D eigenvalue weighted by Gasteiger charge is 2.26. The van der Waals surface area contributed by atoms with Gasteiger partial charge in [0.15, 0.2) is 6.61 Å². The van der Waals surface area contributed by atoms with Gasteiger partial charge in [0.25, 0.3) is 11.8 Å². The summed E-state index contributed by atoms with van der Waals surface area (Å²) >= 11 is 1.14. The Labute approximate surface area is 158 Å². The van der Waals surface area contributed by atoms with Crippen LogP contribution in [0.4, 0.5) is 10.7 Å². The lowest BCUT2D eigenvalue weighted by Crippen LogP contribution is -2.27. The average molecular weight is 387 g/mol. The van der Waals surface area contributed by atoms with Crippen molar-refractivity contribution in [3.63, 3.8) is 0 Å². The van der Waals surface area contributed by atoms with Gasteiger partial charge in [0.05, 0.1) is 16.8 Å². The molecule has 3 rings (SSSR count). The number of primary amides is 1. The molecule has 0 atom stereocenters. The van der Waals surface area contributed by atoms with Crippen LogP contribution in [0.15, 0.2) is 35.7 Å². The van der Waals surface area contributed by atoms with Gasteiger partial charge < -0.3 is 20.7 Å². The molecule has 27 heavy (non-hydrogen) atoms. The number of anilines is 2. The zero-order valence-corrected chi connectivity index (χ0v) is 15.1. The summed E-state index contributed by atoms with van der Waals surface area (Å²) in [6, 6.07) is 8.10. The van der Waals surface area contributed by atoms with Crippen LogP contribution >= 0.6 is 11.3 Å². The smallest absolute Gasteiger partial charge is 0.340 e. The van der Waals surface area contributed by atoms with Crippen molar-refractivity contribution in [2.45, 2.75) is 12.8 Å². The number of benzene rings is 1. The fourth-order valence-electron chi connectivity index (χ4n) is 2.76. The molecule has 0 aliphatic carbocycles. The average Bonchev–Trinajstić information content (AvgIpc) is 3.28. The molecule has 1 saturated heterocycles. The maximum atomic E-state index is 12.4. The number of nitrogens with two attached hydrogens (primary N) is 1. The molecule has 3 N–H and O–H groups in total. The second-order valence-electron chi connectivity index (χ2n) is 5.82. The Morgan fingerprint density at radius 1 is 1.19 bits per heavy atom. The van der Waals surface area contributed by atoms with Gasteiger partial charge >= 0.3 is 5.97 Å². The first kappa shape index (κ1) is 18.6. The SMILES string of the molecule is NC(=O)c1ccsc1NC(=O)COC(=O)c1ccccc1N1CCCC1=O. The summed E-state index contributed by atoms with van der Waals surface area (Å²) in [5, 5.41) is 4.41. The molecule has 0 saturated carbocycles. The van der Waals surface area contributed by atoms with Gasteiger partial charge in [-0.2, -0.15) is 0 Å². The van der Waals surface area contributed by atoms with E-state index in [-0.39, 0.29) is 17.0 Å². The summed E-state index contributed by atoms with van der Waals surface area (Å²) in [6.07, 6.45) is 1.17. The van der Waals surface area contributed by atoms with Gasteiger partial charge in [0.2, 0.25) is 5.91 Å². The predicted octanol–water partition coefficient (Wildman–Crippen LogP) is 1.77. The summed E-state index contributed by atoms with van der Waals surface area (Å²) in [4.78, 5) is 49.2. The first-order chi connectivity index (χ1) is 13.0. The minimum absolute atomic E-state index is 0.0512. The number of ether oxygens (including phenoxy) is 1. The zero-order valence-electron chi connectivity index (χ0n) is 14.3. The Kier molecular flexibility index (Phi) is 5.51. The minimum Gasteiger partial charge on any atom is -0.452 e. The maximum Gasteiger partial charge on any atom is 0.340 e. The van der Waals surface area contributed by atoms with Crippen molar-refractivity contribution < 1.29 is 23.9 Å². The number of amides is 3. The number of para-hydroxylation sites is 1. The Morgan fingerprint density at radius 3 is 2.67 bits per heavy atom. The lowest BCUT2D eigenvalue weighted by atomic mass is 10.1. The van der Waals surface area contributed by atoms with Crippen molar-refractivity contribution in [2.75, 3.05) is 23.4 Å². The Morgan fingerprint density at radius 2 is 1.96 bits per heavy atom. The summed E-state index contributed by atoms with van der Waals surface area (Å²) in [5.41, 5.74) is 6.10. The van der Waals surface area contributed by atoms with Crippen molar-refractivity contribution in [1.29, 1.82) is 0 Å². The van der Waals surface area contributed by atoms with E-state index in [0.29, 0.717) is 23.7 Å². The third kappa shape index (κ3) is 4.14. The van der Waals surface area contributed by atoms with Crippen molar-refractivity contribution >= 4 is 45.7 Å². The maximum absolute atomic E-state index is 12.4. The van der Waals surface area contributed by atoms with Crippen molar-refractivity contribution in [1.82, 2.24) is 0 Å². The van der Waals surface area contributed by atoms with E-state index in [2.05, 4.69) is 5.32 Å². The molecule has 3 amide bonds. The van der Waals surface area contributed by atoms with Gasteiger partial charge in [-0.1, -0.05) is 12.1 Å². The van der Waals surface area contributed by atoms with Crippen molar-refractivity contribution in [3.05, 3.63) is 46.8 Å². The predicted molar refractivity (Wildman–Crippen MR) is 99.8 cm³/mol. The number of rotatable bonds is 6. The molecule has 9 heteroatoms. The van der Waals surface area contributed by atoms with Gasteiger partial charge in [0, 0.05) is 13.0 Å². The number of hydrogen-bond donors (Lipinski definition) is 2. The van der Waals surface area contributed by atoms with Crippen LogP contribution in [0.5, 0.6) is 0 Å². The highest BCUT2D eigenvalue weighted by atomic mass is 32.1. The molecule has 2 aromatic rings. The molecule has 140 valence electrons. The van der Waals surface area contributed by atoms with Crippen molar-refractivity contribution in [2.24, 2.45) is 5.73 Å². The zero-order chi connectivity index (χ0) is 19.4. The van der Waals surface area contributed by atoms with E-state index < -0.39 is 24.4 Å². The van der Waals surface area contributed by atoms with Gasteiger partial charge in [-0.05, 0) is 30.0 Å². The third-order valence-electron chi connectivity index (χ3n) is 4.01. The number of carbonyl (C=O) groups excluding carboxylic acids is 4. The lowest BCUT2D eigenvalue weighted by molar-refractivity contribution is -0.119. The Bertz CT molecular complexity index is 908. The second kappa shape index (κ2) is 8.00. The number of nitrogens with zero attached hydrogens (tertiary/aromatic N) is 1. The number of nitrogens with one attached hydrogen (secondary N) is 1. The summed E-state index contributed by atoms with van der Waals surface area (Å²) < 4.78 is 5.07. The van der Waals surface area contributed by atoms with Crippen LogP contribution in [0.2, 0.25) is 0 Å². The molecule has 0 radical (unpaired) electrons. The monoisotopic (exact) mass is 387 g/mol. The van der Waals surface area contributed by atoms with Gasteiger partial charge in [-0.3, -0.25) is 14.4 Å². The number of esters is 1. The largest absolute Gasteiger partial charge is 0.452 e. The molecule has 1 fully saturated rings. The Hall–Kier alpha value is -3.20. The summed E-state index contributed by atoms with van der Waals surface area (Å²) in [5.74, 6) is -2.01. The highest BCUT2D eigenvalue weighted by molar-refractivity contribution is 7.14. The van der Waals surface area contributed by atoms with E-state index in [4.69, 9.17) is 10.5 Å². The van der Waals surface area contributed by atoms with Crippen LogP contribution in [0.25, 0.3) is 0 Å². The topological polar surface area (TPSA) is 119 Å². The molecule has 0 spiro atoms. The van der Waals surface area contributed by atoms with E-state index in [9.17, 15) is 19.2 Å². The van der Waals surface area contributed by atoms with Crippen LogP contribution < -0.4 is 16.0 Å². The van der Waals surface area contributed by atoms with Crippen molar-refractivity contribution in [3.8, 4) is 0 Å². The molecule has 2 heterocycles. The standard InChI is InChI=1S/C18H17N3O5S/c19-16(24)12-7-9-27-17(12)20-14(22)10-26-18(25)11-4-1-2-5-13(11)21-8-3-6-15(21)23/h1-2,4-5,7,9H,3,6,8,10H2,(H2,19,24)(H,20,22). The number of hydrogen-bond acceptors (Lipinski definition) is 6. The molecule has 1 aromatic heterocycles. The van der Waals surface area contributed by atoms with Gasteiger partial charge in [0.1, 0.15) is 5.00 Å². The van der Waals surface area contributed by atoms with Crippen LogP contribution in [-0.4, -0.2) is 36.8 Å².